The van der Waals surface area contributed by atoms with Crippen LogP contribution in [0.4, 0.5) is 0 Å². The molecule has 0 radical (unpaired) electrons. The lowest BCUT2D eigenvalue weighted by atomic mass is 10.0. The molecule has 0 spiro atoms. The van der Waals surface area contributed by atoms with E-state index in [1.807, 2.05) is 48.2 Å². The van der Waals surface area contributed by atoms with Gasteiger partial charge in [0.15, 0.2) is 0 Å². The minimum absolute atomic E-state index is 0.217. The van der Waals surface area contributed by atoms with Crippen molar-refractivity contribution in [1.29, 1.82) is 0 Å². The second-order valence-electron chi connectivity index (χ2n) is 6.83. The van der Waals surface area contributed by atoms with Crippen LogP contribution in [0.1, 0.15) is 18.1 Å². The SMILES string of the molecule is CCOc1ccc(C2=C(N3CCOCC3)C(=O)N(Cc3ccncc3)C2=O)cc1. The number of amides is 2. The van der Waals surface area contributed by atoms with Crippen molar-refractivity contribution in [3.63, 3.8) is 0 Å². The van der Waals surface area contributed by atoms with E-state index in [0.717, 1.165) is 11.3 Å². The Morgan fingerprint density at radius 1 is 1.00 bits per heavy atom. The molecule has 2 amide bonds. The normalized spacial score (nSPS) is 17.3. The molecule has 7 nitrogen and oxygen atoms in total. The smallest absolute Gasteiger partial charge is 0.278 e. The third-order valence-electron chi connectivity index (χ3n) is 5.01. The zero-order valence-electron chi connectivity index (χ0n) is 16.3. The molecule has 2 aliphatic heterocycles. The zero-order chi connectivity index (χ0) is 20.2. The van der Waals surface area contributed by atoms with Crippen molar-refractivity contribution >= 4 is 17.4 Å². The summed E-state index contributed by atoms with van der Waals surface area (Å²) in [7, 11) is 0. The van der Waals surface area contributed by atoms with Gasteiger partial charge >= 0.3 is 0 Å². The molecule has 29 heavy (non-hydrogen) atoms. The number of rotatable bonds is 6. The molecule has 0 saturated carbocycles. The molecule has 1 aromatic carbocycles. The van der Waals surface area contributed by atoms with Crippen molar-refractivity contribution in [2.24, 2.45) is 0 Å². The van der Waals surface area contributed by atoms with Crippen LogP contribution < -0.4 is 4.74 Å². The Morgan fingerprint density at radius 2 is 1.69 bits per heavy atom. The van der Waals surface area contributed by atoms with Crippen molar-refractivity contribution in [2.45, 2.75) is 13.5 Å². The molecule has 1 saturated heterocycles. The lowest BCUT2D eigenvalue weighted by molar-refractivity contribution is -0.138. The summed E-state index contributed by atoms with van der Waals surface area (Å²) < 4.78 is 10.9. The van der Waals surface area contributed by atoms with E-state index in [2.05, 4.69) is 4.98 Å². The number of imide groups is 1. The number of hydrogen-bond donors (Lipinski definition) is 0. The van der Waals surface area contributed by atoms with Crippen LogP contribution in [0.5, 0.6) is 5.75 Å². The zero-order valence-corrected chi connectivity index (χ0v) is 16.3. The van der Waals surface area contributed by atoms with Crippen molar-refractivity contribution < 1.29 is 19.1 Å². The number of aromatic nitrogens is 1. The van der Waals surface area contributed by atoms with Gasteiger partial charge in [0, 0.05) is 25.5 Å². The topological polar surface area (TPSA) is 72.0 Å². The Labute approximate surface area is 169 Å². The van der Waals surface area contributed by atoms with Gasteiger partial charge in [0.05, 0.1) is 31.9 Å². The molecule has 0 atom stereocenters. The third-order valence-corrected chi connectivity index (χ3v) is 5.01. The minimum Gasteiger partial charge on any atom is -0.494 e. The number of carbonyl (C=O) groups is 2. The monoisotopic (exact) mass is 393 g/mol. The second-order valence-corrected chi connectivity index (χ2v) is 6.83. The molecular weight excluding hydrogens is 370 g/mol. The number of nitrogens with zero attached hydrogens (tertiary/aromatic N) is 3. The highest BCUT2D eigenvalue weighted by atomic mass is 16.5. The summed E-state index contributed by atoms with van der Waals surface area (Å²) in [6.45, 7) is 4.93. The lowest BCUT2D eigenvalue weighted by Gasteiger charge is -2.29. The molecule has 0 N–H and O–H groups in total. The molecule has 0 bridgehead atoms. The summed E-state index contributed by atoms with van der Waals surface area (Å²) in [6, 6.07) is 10.9. The highest BCUT2D eigenvalue weighted by Crippen LogP contribution is 2.33. The van der Waals surface area contributed by atoms with E-state index in [9.17, 15) is 9.59 Å². The van der Waals surface area contributed by atoms with Gasteiger partial charge in [0.25, 0.3) is 11.8 Å². The van der Waals surface area contributed by atoms with E-state index in [-0.39, 0.29) is 18.4 Å². The number of morpholine rings is 1. The summed E-state index contributed by atoms with van der Waals surface area (Å²) >= 11 is 0. The summed E-state index contributed by atoms with van der Waals surface area (Å²) in [6.07, 6.45) is 3.31. The van der Waals surface area contributed by atoms with Crippen molar-refractivity contribution in [3.8, 4) is 5.75 Å². The van der Waals surface area contributed by atoms with Gasteiger partial charge in [-0.3, -0.25) is 19.5 Å². The van der Waals surface area contributed by atoms with Crippen LogP contribution >= 0.6 is 0 Å². The van der Waals surface area contributed by atoms with Gasteiger partial charge in [0.2, 0.25) is 0 Å². The number of benzene rings is 1. The van der Waals surface area contributed by atoms with Crippen LogP contribution in [0.2, 0.25) is 0 Å². The molecule has 7 heteroatoms. The fraction of sp³-hybridized carbons (Fsp3) is 0.318. The minimum atomic E-state index is -0.280. The van der Waals surface area contributed by atoms with Gasteiger partial charge in [-0.25, -0.2) is 0 Å². The van der Waals surface area contributed by atoms with Gasteiger partial charge in [-0.2, -0.15) is 0 Å². The van der Waals surface area contributed by atoms with E-state index in [0.29, 0.717) is 49.7 Å². The Kier molecular flexibility index (Phi) is 5.57. The molecule has 1 fully saturated rings. The Morgan fingerprint density at radius 3 is 2.34 bits per heavy atom. The quantitative estimate of drug-likeness (QED) is 0.700. The first kappa shape index (κ1) is 19.1. The Balaban J connectivity index is 1.70. The van der Waals surface area contributed by atoms with Crippen LogP contribution in [0.3, 0.4) is 0 Å². The van der Waals surface area contributed by atoms with Crippen LogP contribution in [0.25, 0.3) is 5.57 Å². The first-order chi connectivity index (χ1) is 14.2. The number of ether oxygens (including phenoxy) is 2. The lowest BCUT2D eigenvalue weighted by Crippen LogP contribution is -2.40. The average Bonchev–Trinajstić information content (AvgIpc) is 3.01. The fourth-order valence-electron chi connectivity index (χ4n) is 3.60. The highest BCUT2D eigenvalue weighted by Gasteiger charge is 2.41. The highest BCUT2D eigenvalue weighted by molar-refractivity contribution is 6.35. The van der Waals surface area contributed by atoms with Gasteiger partial charge in [0.1, 0.15) is 11.4 Å². The molecule has 2 aliphatic rings. The van der Waals surface area contributed by atoms with Crippen molar-refractivity contribution in [1.82, 2.24) is 14.8 Å². The van der Waals surface area contributed by atoms with E-state index in [1.54, 1.807) is 12.4 Å². The summed E-state index contributed by atoms with van der Waals surface area (Å²) in [5, 5.41) is 0. The fourth-order valence-corrected chi connectivity index (χ4v) is 3.60. The van der Waals surface area contributed by atoms with Crippen LogP contribution in [-0.2, 0) is 20.9 Å². The predicted octanol–water partition coefficient (Wildman–Crippen LogP) is 2.09. The van der Waals surface area contributed by atoms with Crippen LogP contribution in [-0.4, -0.2) is 59.5 Å². The van der Waals surface area contributed by atoms with Crippen molar-refractivity contribution in [3.05, 3.63) is 65.6 Å². The van der Waals surface area contributed by atoms with Gasteiger partial charge in [-0.05, 0) is 42.3 Å². The van der Waals surface area contributed by atoms with E-state index in [4.69, 9.17) is 9.47 Å². The Hall–Kier alpha value is -3.19. The maximum Gasteiger partial charge on any atom is 0.278 e. The van der Waals surface area contributed by atoms with E-state index >= 15 is 0 Å². The molecule has 3 heterocycles. The number of carbonyl (C=O) groups excluding carboxylic acids is 2. The first-order valence-corrected chi connectivity index (χ1v) is 9.74. The summed E-state index contributed by atoms with van der Waals surface area (Å²) in [5.41, 5.74) is 2.46. The van der Waals surface area contributed by atoms with Crippen LogP contribution in [0, 0.1) is 0 Å². The van der Waals surface area contributed by atoms with Gasteiger partial charge < -0.3 is 14.4 Å². The third kappa shape index (κ3) is 3.86. The maximum absolute atomic E-state index is 13.3. The standard InChI is InChI=1S/C22H23N3O4/c1-2-29-18-5-3-17(4-6-18)19-20(24-11-13-28-14-12-24)22(27)25(21(19)26)15-16-7-9-23-10-8-16/h3-10H,2,11-15H2,1H3. The summed E-state index contributed by atoms with van der Waals surface area (Å²) in [5.74, 6) is 0.185. The summed E-state index contributed by atoms with van der Waals surface area (Å²) in [4.78, 5) is 33.9. The number of hydrogen-bond acceptors (Lipinski definition) is 6. The predicted molar refractivity (Wildman–Crippen MR) is 107 cm³/mol. The van der Waals surface area contributed by atoms with E-state index < -0.39 is 0 Å². The van der Waals surface area contributed by atoms with Crippen LogP contribution in [0.15, 0.2) is 54.5 Å². The maximum atomic E-state index is 13.3. The molecule has 0 unspecified atom stereocenters. The first-order valence-electron chi connectivity index (χ1n) is 9.74. The largest absolute Gasteiger partial charge is 0.494 e. The number of pyridine rings is 1. The second kappa shape index (κ2) is 8.45. The molecular formula is C22H23N3O4. The van der Waals surface area contributed by atoms with Gasteiger partial charge in [-0.1, -0.05) is 12.1 Å². The van der Waals surface area contributed by atoms with E-state index in [1.165, 1.54) is 4.90 Å². The molecule has 150 valence electrons. The molecule has 4 rings (SSSR count). The van der Waals surface area contributed by atoms with Crippen molar-refractivity contribution in [2.75, 3.05) is 32.9 Å². The molecule has 1 aromatic heterocycles. The molecule has 0 aliphatic carbocycles. The molecule has 2 aromatic rings. The van der Waals surface area contributed by atoms with Gasteiger partial charge in [-0.15, -0.1) is 0 Å². The average molecular weight is 393 g/mol. The Bertz CT molecular complexity index is 919.